The van der Waals surface area contributed by atoms with E-state index in [1.165, 1.54) is 0 Å². The first kappa shape index (κ1) is 20.9. The Hall–Kier alpha value is -2.87. The Balaban J connectivity index is 2.04. The molecule has 2 aromatic heterocycles. The molecule has 3 rings (SSSR count). The molecule has 0 atom stereocenters. The normalized spacial score (nSPS) is 12.8. The van der Waals surface area contributed by atoms with Crippen LogP contribution in [0.5, 0.6) is 6.01 Å². The number of nitrogens with zero attached hydrogens (tertiary/aromatic N) is 3. The van der Waals surface area contributed by atoms with Crippen LogP contribution in [0.2, 0.25) is 0 Å². The Kier molecular flexibility index (Phi) is 5.17. The molecule has 0 saturated heterocycles. The van der Waals surface area contributed by atoms with Gasteiger partial charge in [-0.25, -0.2) is 12.9 Å². The van der Waals surface area contributed by atoms with E-state index in [0.717, 1.165) is 17.0 Å². The summed E-state index contributed by atoms with van der Waals surface area (Å²) in [5.41, 5.74) is -4.06. The minimum Gasteiger partial charge on any atom is -0.371 e. The molecule has 14 heteroatoms. The minimum atomic E-state index is -5.93. The standard InChI is InChI=1S/C15H13F3N4O5S2/c1-28(23,24)9-20-12-5-3-2-4-11(12)13-7-6-10-8-19-14(21-22(10)13)27-29(25,26)15(16,17)18/h2-8,20H,9H2,1H3. The summed E-state index contributed by atoms with van der Waals surface area (Å²) in [7, 11) is -9.26. The molecular formula is C15H13F3N4O5S2. The first-order valence-electron chi connectivity index (χ1n) is 7.74. The van der Waals surface area contributed by atoms with Crippen LogP contribution >= 0.6 is 0 Å². The highest BCUT2D eigenvalue weighted by atomic mass is 32.2. The van der Waals surface area contributed by atoms with E-state index in [-0.39, 0.29) is 5.88 Å². The third-order valence-corrected chi connectivity index (χ3v) is 5.18. The van der Waals surface area contributed by atoms with Gasteiger partial charge in [-0.1, -0.05) is 18.2 Å². The molecule has 29 heavy (non-hydrogen) atoms. The lowest BCUT2D eigenvalue weighted by molar-refractivity contribution is -0.0503. The van der Waals surface area contributed by atoms with Crippen molar-refractivity contribution in [3.05, 3.63) is 42.6 Å². The highest BCUT2D eigenvalue weighted by molar-refractivity contribution is 7.90. The van der Waals surface area contributed by atoms with Crippen molar-refractivity contribution in [1.29, 1.82) is 0 Å². The van der Waals surface area contributed by atoms with Crippen molar-refractivity contribution >= 4 is 31.2 Å². The quantitative estimate of drug-likeness (QED) is 0.448. The van der Waals surface area contributed by atoms with E-state index in [2.05, 4.69) is 19.6 Å². The number of nitrogens with one attached hydrogen (secondary N) is 1. The van der Waals surface area contributed by atoms with Crippen molar-refractivity contribution in [3.8, 4) is 17.3 Å². The second-order valence-electron chi connectivity index (χ2n) is 5.87. The van der Waals surface area contributed by atoms with Gasteiger partial charge in [0, 0.05) is 17.5 Å². The lowest BCUT2D eigenvalue weighted by Gasteiger charge is -2.12. The second kappa shape index (κ2) is 7.18. The zero-order chi connectivity index (χ0) is 21.4. The van der Waals surface area contributed by atoms with Gasteiger partial charge in [0.15, 0.2) is 9.84 Å². The third-order valence-electron chi connectivity index (χ3n) is 3.57. The Morgan fingerprint density at radius 2 is 1.79 bits per heavy atom. The maximum Gasteiger partial charge on any atom is 0.534 e. The topological polar surface area (TPSA) is 120 Å². The molecule has 1 aromatic carbocycles. The number of para-hydroxylation sites is 1. The average molecular weight is 450 g/mol. The summed E-state index contributed by atoms with van der Waals surface area (Å²) in [6, 6.07) is 8.64. The molecule has 2 heterocycles. The number of benzene rings is 1. The Labute approximate surface area is 163 Å². The van der Waals surface area contributed by atoms with Crippen molar-refractivity contribution in [2.45, 2.75) is 5.51 Å². The first-order valence-corrected chi connectivity index (χ1v) is 11.2. The Morgan fingerprint density at radius 1 is 1.10 bits per heavy atom. The molecule has 0 unspecified atom stereocenters. The van der Waals surface area contributed by atoms with Gasteiger partial charge in [0.2, 0.25) is 0 Å². The number of aromatic nitrogens is 3. The summed E-state index contributed by atoms with van der Waals surface area (Å²) in [5.74, 6) is -0.347. The number of sulfone groups is 1. The Morgan fingerprint density at radius 3 is 2.45 bits per heavy atom. The van der Waals surface area contributed by atoms with Gasteiger partial charge < -0.3 is 9.50 Å². The third kappa shape index (κ3) is 4.59. The highest BCUT2D eigenvalue weighted by Gasteiger charge is 2.49. The van der Waals surface area contributed by atoms with Crippen molar-refractivity contribution < 1.29 is 34.2 Å². The lowest BCUT2D eigenvalue weighted by Crippen LogP contribution is -2.28. The van der Waals surface area contributed by atoms with E-state index in [1.807, 2.05) is 0 Å². The Bertz CT molecular complexity index is 1270. The summed E-state index contributed by atoms with van der Waals surface area (Å²) in [6.07, 6.45) is 2.14. The smallest absolute Gasteiger partial charge is 0.371 e. The molecule has 0 spiro atoms. The number of alkyl halides is 3. The molecule has 0 amide bonds. The number of rotatable bonds is 6. The number of hydrogen-bond acceptors (Lipinski definition) is 8. The predicted octanol–water partition coefficient (Wildman–Crippen LogP) is 2.04. The van der Waals surface area contributed by atoms with Crippen molar-refractivity contribution in [1.82, 2.24) is 14.6 Å². The van der Waals surface area contributed by atoms with Gasteiger partial charge in [0.25, 0.3) is 0 Å². The van der Waals surface area contributed by atoms with Crippen molar-refractivity contribution in [2.75, 3.05) is 17.4 Å². The molecule has 0 saturated carbocycles. The van der Waals surface area contributed by atoms with Gasteiger partial charge in [0.05, 0.1) is 17.4 Å². The molecule has 0 aliphatic heterocycles. The second-order valence-corrected chi connectivity index (χ2v) is 9.55. The highest BCUT2D eigenvalue weighted by Crippen LogP contribution is 2.30. The fraction of sp³-hybridized carbons (Fsp3) is 0.200. The first-order chi connectivity index (χ1) is 13.4. The van der Waals surface area contributed by atoms with Crippen LogP contribution in [0.1, 0.15) is 0 Å². The summed E-state index contributed by atoms with van der Waals surface area (Å²) >= 11 is 0. The minimum absolute atomic E-state index is 0.341. The zero-order valence-corrected chi connectivity index (χ0v) is 16.2. The zero-order valence-electron chi connectivity index (χ0n) is 14.6. The largest absolute Gasteiger partial charge is 0.534 e. The van der Waals surface area contributed by atoms with Crippen LogP contribution in [0, 0.1) is 0 Å². The summed E-state index contributed by atoms with van der Waals surface area (Å²) in [6.45, 7) is 0. The molecule has 0 radical (unpaired) electrons. The van der Waals surface area contributed by atoms with E-state index in [0.29, 0.717) is 22.5 Å². The van der Waals surface area contributed by atoms with Gasteiger partial charge >= 0.3 is 21.6 Å². The van der Waals surface area contributed by atoms with Crippen LogP contribution in [-0.2, 0) is 20.0 Å². The van der Waals surface area contributed by atoms with Crippen LogP contribution in [0.3, 0.4) is 0 Å². The molecule has 0 aliphatic rings. The summed E-state index contributed by atoms with van der Waals surface area (Å²) in [5, 5.41) is 6.48. The van der Waals surface area contributed by atoms with Gasteiger partial charge in [-0.3, -0.25) is 0 Å². The summed E-state index contributed by atoms with van der Waals surface area (Å²) in [4.78, 5) is 3.48. The molecule has 0 bridgehead atoms. The van der Waals surface area contributed by atoms with E-state index < -0.39 is 31.5 Å². The fourth-order valence-electron chi connectivity index (χ4n) is 2.34. The predicted molar refractivity (Wildman–Crippen MR) is 97.4 cm³/mol. The van der Waals surface area contributed by atoms with E-state index in [4.69, 9.17) is 0 Å². The molecule has 1 N–H and O–H groups in total. The van der Waals surface area contributed by atoms with E-state index in [9.17, 15) is 30.0 Å². The van der Waals surface area contributed by atoms with Crippen LogP contribution in [0.15, 0.2) is 42.6 Å². The average Bonchev–Trinajstić information content (AvgIpc) is 3.01. The van der Waals surface area contributed by atoms with Crippen LogP contribution in [0.25, 0.3) is 16.8 Å². The van der Waals surface area contributed by atoms with Gasteiger partial charge in [-0.15, -0.1) is 5.10 Å². The van der Waals surface area contributed by atoms with Gasteiger partial charge in [-0.2, -0.15) is 26.6 Å². The molecule has 0 fully saturated rings. The summed E-state index contributed by atoms with van der Waals surface area (Å²) < 4.78 is 87.9. The van der Waals surface area contributed by atoms with Crippen LogP contribution in [-0.4, -0.2) is 49.1 Å². The maximum atomic E-state index is 12.5. The number of halogens is 3. The molecule has 9 nitrogen and oxygen atoms in total. The van der Waals surface area contributed by atoms with E-state index in [1.54, 1.807) is 36.4 Å². The lowest BCUT2D eigenvalue weighted by atomic mass is 10.1. The molecule has 156 valence electrons. The number of anilines is 1. The molecule has 3 aromatic rings. The fourth-order valence-corrected chi connectivity index (χ4v) is 3.13. The molecular weight excluding hydrogens is 437 g/mol. The van der Waals surface area contributed by atoms with Crippen LogP contribution in [0.4, 0.5) is 18.9 Å². The van der Waals surface area contributed by atoms with E-state index >= 15 is 0 Å². The molecule has 0 aliphatic carbocycles. The monoisotopic (exact) mass is 450 g/mol. The SMILES string of the molecule is CS(=O)(=O)CNc1ccccc1-c1ccc2cnc(OS(=O)(=O)C(F)(F)F)nn12. The number of fused-ring (bicyclic) bond motifs is 1. The maximum absolute atomic E-state index is 12.5. The van der Waals surface area contributed by atoms with Gasteiger partial charge in [0.1, 0.15) is 5.88 Å². The van der Waals surface area contributed by atoms with Crippen molar-refractivity contribution in [2.24, 2.45) is 0 Å². The number of hydrogen-bond donors (Lipinski definition) is 1. The van der Waals surface area contributed by atoms with Crippen LogP contribution < -0.4 is 9.50 Å². The van der Waals surface area contributed by atoms with Crippen molar-refractivity contribution in [3.63, 3.8) is 0 Å². The van der Waals surface area contributed by atoms with Gasteiger partial charge in [-0.05, 0) is 18.2 Å².